The van der Waals surface area contributed by atoms with Crippen LogP contribution in [-0.4, -0.2) is 0 Å². The predicted octanol–water partition coefficient (Wildman–Crippen LogP) is 8.37. The third kappa shape index (κ3) is 13.4. The van der Waals surface area contributed by atoms with Crippen molar-refractivity contribution < 1.29 is 0 Å². The van der Waals surface area contributed by atoms with Gasteiger partial charge in [0.15, 0.2) is 0 Å². The molecule has 1 radical (unpaired) electrons. The van der Waals surface area contributed by atoms with Gasteiger partial charge in [0.2, 0.25) is 0 Å². The van der Waals surface area contributed by atoms with Gasteiger partial charge in [-0.05, 0) is 24.5 Å². The van der Waals surface area contributed by atoms with Crippen LogP contribution in [0.2, 0.25) is 0 Å². The Labute approximate surface area is 151 Å². The molecule has 0 saturated carbocycles. The SMILES string of the molecule is CCCCCCCCCCCCCCCC/C=C/c1cc[c]cc1. The lowest BCUT2D eigenvalue weighted by Crippen LogP contribution is -1.83. The molecule has 0 bridgehead atoms. The minimum atomic E-state index is 1.22. The van der Waals surface area contributed by atoms with Crippen LogP contribution in [-0.2, 0) is 0 Å². The predicted molar refractivity (Wildman–Crippen MR) is 109 cm³/mol. The van der Waals surface area contributed by atoms with Gasteiger partial charge in [0.25, 0.3) is 0 Å². The van der Waals surface area contributed by atoms with E-state index < -0.39 is 0 Å². The number of hydrogen-bond donors (Lipinski definition) is 0. The minimum absolute atomic E-state index is 1.22. The van der Waals surface area contributed by atoms with Gasteiger partial charge in [-0.3, -0.25) is 0 Å². The molecular weight excluding hydrogens is 288 g/mol. The van der Waals surface area contributed by atoms with Crippen LogP contribution < -0.4 is 0 Å². The second kappa shape index (κ2) is 16.8. The first-order chi connectivity index (χ1) is 11.9. The fraction of sp³-hybridized carbons (Fsp3) is 0.667. The van der Waals surface area contributed by atoms with Crippen LogP contribution in [0.15, 0.2) is 30.3 Å². The molecule has 1 aromatic carbocycles. The number of benzene rings is 1. The van der Waals surface area contributed by atoms with Crippen LogP contribution in [0.1, 0.15) is 109 Å². The second-order valence-corrected chi connectivity index (χ2v) is 7.12. The Morgan fingerprint density at radius 1 is 0.667 bits per heavy atom. The molecular formula is C24H39. The van der Waals surface area contributed by atoms with Gasteiger partial charge < -0.3 is 0 Å². The lowest BCUT2D eigenvalue weighted by molar-refractivity contribution is 0.536. The van der Waals surface area contributed by atoms with Crippen LogP contribution >= 0.6 is 0 Å². The number of unbranched alkanes of at least 4 members (excludes halogenated alkanes) is 14. The van der Waals surface area contributed by atoms with Crippen molar-refractivity contribution in [2.75, 3.05) is 0 Å². The third-order valence-corrected chi connectivity index (χ3v) is 4.78. The van der Waals surface area contributed by atoms with Crippen molar-refractivity contribution in [3.8, 4) is 0 Å². The zero-order chi connectivity index (χ0) is 17.1. The van der Waals surface area contributed by atoms with E-state index in [-0.39, 0.29) is 0 Å². The normalized spacial score (nSPS) is 11.4. The lowest BCUT2D eigenvalue weighted by atomic mass is 10.0. The Morgan fingerprint density at radius 2 is 1.12 bits per heavy atom. The zero-order valence-electron chi connectivity index (χ0n) is 16.1. The quantitative estimate of drug-likeness (QED) is 0.267. The van der Waals surface area contributed by atoms with Gasteiger partial charge in [0.1, 0.15) is 0 Å². The molecule has 0 unspecified atom stereocenters. The first-order valence-electron chi connectivity index (χ1n) is 10.6. The highest BCUT2D eigenvalue weighted by atomic mass is 14.0. The fourth-order valence-electron chi connectivity index (χ4n) is 3.19. The Morgan fingerprint density at radius 3 is 1.62 bits per heavy atom. The van der Waals surface area contributed by atoms with Gasteiger partial charge >= 0.3 is 0 Å². The maximum Gasteiger partial charge on any atom is -0.0184 e. The topological polar surface area (TPSA) is 0 Å². The summed E-state index contributed by atoms with van der Waals surface area (Å²) in [6, 6.07) is 11.2. The Kier molecular flexibility index (Phi) is 14.7. The Hall–Kier alpha value is -1.04. The van der Waals surface area contributed by atoms with E-state index in [4.69, 9.17) is 0 Å². The zero-order valence-corrected chi connectivity index (χ0v) is 16.1. The highest BCUT2D eigenvalue weighted by Crippen LogP contribution is 2.13. The summed E-state index contributed by atoms with van der Waals surface area (Å²) in [5, 5.41) is 0. The number of allylic oxidation sites excluding steroid dienone is 1. The van der Waals surface area contributed by atoms with Crippen molar-refractivity contribution in [3.05, 3.63) is 42.0 Å². The van der Waals surface area contributed by atoms with E-state index in [0.29, 0.717) is 0 Å². The van der Waals surface area contributed by atoms with Crippen molar-refractivity contribution in [1.29, 1.82) is 0 Å². The minimum Gasteiger partial charge on any atom is -0.0839 e. The van der Waals surface area contributed by atoms with Crippen molar-refractivity contribution in [1.82, 2.24) is 0 Å². The van der Waals surface area contributed by atoms with Gasteiger partial charge in [0, 0.05) is 0 Å². The molecule has 0 nitrogen and oxygen atoms in total. The van der Waals surface area contributed by atoms with E-state index in [1.807, 2.05) is 12.1 Å². The van der Waals surface area contributed by atoms with Crippen molar-refractivity contribution in [2.24, 2.45) is 0 Å². The summed E-state index contributed by atoms with van der Waals surface area (Å²) in [5.41, 5.74) is 1.29. The number of rotatable bonds is 16. The molecule has 0 aromatic heterocycles. The van der Waals surface area contributed by atoms with Crippen molar-refractivity contribution in [2.45, 2.75) is 103 Å². The molecule has 0 saturated heterocycles. The van der Waals surface area contributed by atoms with Gasteiger partial charge in [-0.1, -0.05) is 127 Å². The maximum atomic E-state index is 3.06. The van der Waals surface area contributed by atoms with Crippen LogP contribution in [0.5, 0.6) is 0 Å². The molecule has 0 aliphatic heterocycles. The second-order valence-electron chi connectivity index (χ2n) is 7.12. The molecule has 0 heteroatoms. The largest absolute Gasteiger partial charge is 0.0839 e. The highest BCUT2D eigenvalue weighted by molar-refractivity contribution is 5.48. The van der Waals surface area contributed by atoms with Crippen molar-refractivity contribution >= 4 is 6.08 Å². The van der Waals surface area contributed by atoms with E-state index >= 15 is 0 Å². The summed E-state index contributed by atoms with van der Waals surface area (Å²) in [6.45, 7) is 2.29. The van der Waals surface area contributed by atoms with E-state index in [1.54, 1.807) is 0 Å². The fourth-order valence-corrected chi connectivity index (χ4v) is 3.19. The number of hydrogen-bond acceptors (Lipinski definition) is 0. The van der Waals surface area contributed by atoms with Gasteiger partial charge in [-0.15, -0.1) is 0 Å². The van der Waals surface area contributed by atoms with Crippen LogP contribution in [0.4, 0.5) is 0 Å². The highest BCUT2D eigenvalue weighted by Gasteiger charge is 1.93. The third-order valence-electron chi connectivity index (χ3n) is 4.78. The van der Waals surface area contributed by atoms with E-state index in [2.05, 4.69) is 37.3 Å². The molecule has 0 aliphatic carbocycles. The molecule has 0 N–H and O–H groups in total. The Bertz CT molecular complexity index is 376. The lowest BCUT2D eigenvalue weighted by Gasteiger charge is -2.02. The van der Waals surface area contributed by atoms with Gasteiger partial charge in [-0.25, -0.2) is 0 Å². The molecule has 0 fully saturated rings. The van der Waals surface area contributed by atoms with Crippen LogP contribution in [0, 0.1) is 6.07 Å². The maximum absolute atomic E-state index is 3.06. The average Bonchev–Trinajstić information content (AvgIpc) is 2.62. The summed E-state index contributed by atoms with van der Waals surface area (Å²) in [4.78, 5) is 0. The molecule has 0 spiro atoms. The van der Waals surface area contributed by atoms with Crippen LogP contribution in [0.3, 0.4) is 0 Å². The summed E-state index contributed by atoms with van der Waals surface area (Å²) < 4.78 is 0. The summed E-state index contributed by atoms with van der Waals surface area (Å²) in [5.74, 6) is 0. The Balaban J connectivity index is 1.75. The molecule has 0 atom stereocenters. The first-order valence-corrected chi connectivity index (χ1v) is 10.6. The molecule has 135 valence electrons. The summed E-state index contributed by atoms with van der Waals surface area (Å²) in [6.07, 6.45) is 25.8. The van der Waals surface area contributed by atoms with Crippen LogP contribution in [0.25, 0.3) is 6.08 Å². The van der Waals surface area contributed by atoms with E-state index in [9.17, 15) is 0 Å². The summed E-state index contributed by atoms with van der Waals surface area (Å²) >= 11 is 0. The van der Waals surface area contributed by atoms with E-state index in [0.717, 1.165) is 0 Å². The monoisotopic (exact) mass is 327 g/mol. The molecule has 24 heavy (non-hydrogen) atoms. The standard InChI is InChI=1S/C24H39/c1-2-3-4-5-6-7-8-9-10-11-12-13-14-15-16-18-21-24-22-19-17-20-23-24/h18-23H,2-16H2,1H3/b21-18+. The van der Waals surface area contributed by atoms with Gasteiger partial charge in [-0.2, -0.15) is 0 Å². The van der Waals surface area contributed by atoms with E-state index in [1.165, 1.54) is 102 Å². The smallest absolute Gasteiger partial charge is 0.0184 e. The molecule has 0 amide bonds. The average molecular weight is 328 g/mol. The van der Waals surface area contributed by atoms with Gasteiger partial charge in [0.05, 0.1) is 0 Å². The summed E-state index contributed by atoms with van der Waals surface area (Å²) in [7, 11) is 0. The molecule has 0 aliphatic rings. The molecule has 1 aromatic rings. The first kappa shape index (κ1) is 21.0. The molecule has 1 rings (SSSR count). The van der Waals surface area contributed by atoms with Crippen molar-refractivity contribution in [3.63, 3.8) is 0 Å². The molecule has 0 heterocycles.